The van der Waals surface area contributed by atoms with Gasteiger partial charge in [0.15, 0.2) is 0 Å². The maximum absolute atomic E-state index is 5.43. The van der Waals surface area contributed by atoms with Gasteiger partial charge in [-0.3, -0.25) is 0 Å². The zero-order chi connectivity index (χ0) is 14.8. The van der Waals surface area contributed by atoms with Crippen LogP contribution in [0.4, 0.5) is 0 Å². The molecular weight excluding hydrogens is 286 g/mol. The number of methoxy groups -OCH3 is 3. The molecule has 3 aromatic rings. The third kappa shape index (κ3) is 2.52. The highest BCUT2D eigenvalue weighted by Crippen LogP contribution is 2.38. The molecule has 1 aromatic heterocycles. The predicted octanol–water partition coefficient (Wildman–Crippen LogP) is 3.99. The molecule has 0 saturated heterocycles. The molecular formula is C16H15NO3S. The first-order valence-electron chi connectivity index (χ1n) is 6.42. The molecule has 0 amide bonds. The number of aromatic nitrogens is 1. The van der Waals surface area contributed by atoms with Gasteiger partial charge in [-0.15, -0.1) is 11.3 Å². The summed E-state index contributed by atoms with van der Waals surface area (Å²) in [5, 5.41) is 0.897. The van der Waals surface area contributed by atoms with Crippen molar-refractivity contribution in [2.75, 3.05) is 21.3 Å². The highest BCUT2D eigenvalue weighted by atomic mass is 32.1. The number of hydrogen-bond donors (Lipinski definition) is 0. The van der Waals surface area contributed by atoms with Gasteiger partial charge in [-0.1, -0.05) is 0 Å². The first-order valence-corrected chi connectivity index (χ1v) is 7.24. The normalized spacial score (nSPS) is 10.6. The average molecular weight is 301 g/mol. The van der Waals surface area contributed by atoms with Crippen LogP contribution in [0.2, 0.25) is 0 Å². The summed E-state index contributed by atoms with van der Waals surface area (Å²) in [7, 11) is 4.96. The maximum Gasteiger partial charge on any atom is 0.129 e. The van der Waals surface area contributed by atoms with E-state index in [1.165, 1.54) is 0 Å². The van der Waals surface area contributed by atoms with Gasteiger partial charge in [0.05, 0.1) is 37.1 Å². The summed E-state index contributed by atoms with van der Waals surface area (Å²) >= 11 is 1.60. The minimum absolute atomic E-state index is 0.779. The van der Waals surface area contributed by atoms with Gasteiger partial charge in [0.25, 0.3) is 0 Å². The number of ether oxygens (including phenoxy) is 3. The second-order valence-corrected chi connectivity index (χ2v) is 5.45. The molecule has 0 radical (unpaired) electrons. The molecule has 3 rings (SSSR count). The van der Waals surface area contributed by atoms with Crippen molar-refractivity contribution < 1.29 is 14.2 Å². The number of benzene rings is 2. The fourth-order valence-electron chi connectivity index (χ4n) is 2.13. The summed E-state index contributed by atoms with van der Waals surface area (Å²) in [4.78, 5) is 4.67. The molecule has 0 atom stereocenters. The van der Waals surface area contributed by atoms with Crippen LogP contribution in [0.25, 0.3) is 20.8 Å². The standard InChI is InChI=1S/C16H15NO3S/c1-18-10-5-7-14(20-3)12(8-10)16-17-13-6-4-11(19-2)9-15(13)21-16/h4-9H,1-3H3. The van der Waals surface area contributed by atoms with Crippen LogP contribution in [0.3, 0.4) is 0 Å². The molecule has 0 spiro atoms. The van der Waals surface area contributed by atoms with Crippen LogP contribution in [-0.4, -0.2) is 26.3 Å². The zero-order valence-electron chi connectivity index (χ0n) is 12.0. The van der Waals surface area contributed by atoms with Crippen molar-refractivity contribution in [2.45, 2.75) is 0 Å². The lowest BCUT2D eigenvalue weighted by Crippen LogP contribution is -1.89. The molecule has 0 fully saturated rings. The number of nitrogens with zero attached hydrogens (tertiary/aromatic N) is 1. The van der Waals surface area contributed by atoms with Crippen LogP contribution in [0.15, 0.2) is 36.4 Å². The molecule has 2 aromatic carbocycles. The van der Waals surface area contributed by atoms with Crippen LogP contribution in [0.1, 0.15) is 0 Å². The Morgan fingerprint density at radius 2 is 1.57 bits per heavy atom. The van der Waals surface area contributed by atoms with Crippen molar-refractivity contribution in [3.8, 4) is 27.8 Å². The van der Waals surface area contributed by atoms with E-state index in [1.54, 1.807) is 32.7 Å². The average Bonchev–Trinajstić information content (AvgIpc) is 2.96. The summed E-state index contributed by atoms with van der Waals surface area (Å²) in [6.07, 6.45) is 0. The SMILES string of the molecule is COc1ccc(OC)c(-c2nc3ccc(OC)cc3s2)c1. The molecule has 0 unspecified atom stereocenters. The smallest absolute Gasteiger partial charge is 0.129 e. The van der Waals surface area contributed by atoms with Crippen molar-refractivity contribution in [1.29, 1.82) is 0 Å². The van der Waals surface area contributed by atoms with Crippen LogP contribution in [0.5, 0.6) is 17.2 Å². The van der Waals surface area contributed by atoms with Gasteiger partial charge in [-0.2, -0.15) is 0 Å². The predicted molar refractivity (Wildman–Crippen MR) is 84.7 cm³/mol. The van der Waals surface area contributed by atoms with Crippen molar-refractivity contribution >= 4 is 21.6 Å². The van der Waals surface area contributed by atoms with Gasteiger partial charge in [-0.05, 0) is 36.4 Å². The van der Waals surface area contributed by atoms with Crippen molar-refractivity contribution in [3.05, 3.63) is 36.4 Å². The van der Waals surface area contributed by atoms with E-state index in [-0.39, 0.29) is 0 Å². The molecule has 0 aliphatic carbocycles. The Balaban J connectivity index is 2.15. The van der Waals surface area contributed by atoms with Gasteiger partial charge in [-0.25, -0.2) is 4.98 Å². The first-order chi connectivity index (χ1) is 10.2. The number of fused-ring (bicyclic) bond motifs is 1. The fourth-order valence-corrected chi connectivity index (χ4v) is 3.14. The Hall–Kier alpha value is -2.27. The zero-order valence-corrected chi connectivity index (χ0v) is 12.9. The van der Waals surface area contributed by atoms with Crippen LogP contribution >= 0.6 is 11.3 Å². The Bertz CT molecular complexity index is 782. The lowest BCUT2D eigenvalue weighted by molar-refractivity contribution is 0.404. The van der Waals surface area contributed by atoms with Crippen LogP contribution in [-0.2, 0) is 0 Å². The minimum atomic E-state index is 0.779. The monoisotopic (exact) mass is 301 g/mol. The third-order valence-corrected chi connectivity index (χ3v) is 4.28. The van der Waals surface area contributed by atoms with Crippen molar-refractivity contribution in [1.82, 2.24) is 4.98 Å². The Kier molecular flexibility index (Phi) is 3.66. The molecule has 0 bridgehead atoms. The third-order valence-electron chi connectivity index (χ3n) is 3.23. The van der Waals surface area contributed by atoms with E-state index in [4.69, 9.17) is 14.2 Å². The topological polar surface area (TPSA) is 40.6 Å². The summed E-state index contributed by atoms with van der Waals surface area (Å²) in [5.41, 5.74) is 1.87. The molecule has 1 heterocycles. The Morgan fingerprint density at radius 1 is 0.857 bits per heavy atom. The second kappa shape index (κ2) is 5.61. The van der Waals surface area contributed by atoms with Crippen LogP contribution in [0, 0.1) is 0 Å². The fraction of sp³-hybridized carbons (Fsp3) is 0.188. The summed E-state index contributed by atoms with van der Waals surface area (Å²) in [5.74, 6) is 2.39. The van der Waals surface area contributed by atoms with E-state index in [1.807, 2.05) is 36.4 Å². The van der Waals surface area contributed by atoms with Crippen molar-refractivity contribution in [3.63, 3.8) is 0 Å². The lowest BCUT2D eigenvalue weighted by atomic mass is 10.2. The molecule has 4 nitrogen and oxygen atoms in total. The molecule has 0 saturated carbocycles. The highest BCUT2D eigenvalue weighted by Gasteiger charge is 2.13. The number of thiazole rings is 1. The first kappa shape index (κ1) is 13.7. The van der Waals surface area contributed by atoms with Gasteiger partial charge in [0, 0.05) is 0 Å². The summed E-state index contributed by atoms with van der Waals surface area (Å²) in [6, 6.07) is 11.6. The maximum atomic E-state index is 5.43. The lowest BCUT2D eigenvalue weighted by Gasteiger charge is -2.07. The van der Waals surface area contributed by atoms with Gasteiger partial charge >= 0.3 is 0 Å². The second-order valence-electron chi connectivity index (χ2n) is 4.42. The van der Waals surface area contributed by atoms with E-state index in [9.17, 15) is 0 Å². The largest absolute Gasteiger partial charge is 0.497 e. The molecule has 0 aliphatic heterocycles. The Morgan fingerprint density at radius 3 is 2.29 bits per heavy atom. The minimum Gasteiger partial charge on any atom is -0.497 e. The number of hydrogen-bond acceptors (Lipinski definition) is 5. The molecule has 0 aliphatic rings. The van der Waals surface area contributed by atoms with Crippen LogP contribution < -0.4 is 14.2 Å². The molecule has 108 valence electrons. The molecule has 0 N–H and O–H groups in total. The van der Waals surface area contributed by atoms with Crippen molar-refractivity contribution in [2.24, 2.45) is 0 Å². The molecule has 5 heteroatoms. The van der Waals surface area contributed by atoms with E-state index in [0.29, 0.717) is 0 Å². The van der Waals surface area contributed by atoms with E-state index in [2.05, 4.69) is 4.98 Å². The van der Waals surface area contributed by atoms with Gasteiger partial charge in [0.2, 0.25) is 0 Å². The van der Waals surface area contributed by atoms with Gasteiger partial charge < -0.3 is 14.2 Å². The van der Waals surface area contributed by atoms with E-state index < -0.39 is 0 Å². The summed E-state index contributed by atoms with van der Waals surface area (Å²) in [6.45, 7) is 0. The van der Waals surface area contributed by atoms with E-state index >= 15 is 0 Å². The van der Waals surface area contributed by atoms with E-state index in [0.717, 1.165) is 38.0 Å². The number of rotatable bonds is 4. The Labute approximate surface area is 126 Å². The molecule has 21 heavy (non-hydrogen) atoms. The van der Waals surface area contributed by atoms with Gasteiger partial charge in [0.1, 0.15) is 22.3 Å². The highest BCUT2D eigenvalue weighted by molar-refractivity contribution is 7.21. The quantitative estimate of drug-likeness (QED) is 0.730. The summed E-state index contributed by atoms with van der Waals surface area (Å²) < 4.78 is 17.0.